The number of rotatable bonds is 4. The van der Waals surface area contributed by atoms with Crippen LogP contribution in [0.5, 0.6) is 0 Å². The first kappa shape index (κ1) is 14.4. The van der Waals surface area contributed by atoms with Crippen molar-refractivity contribution in [2.75, 3.05) is 0 Å². The molecule has 106 valence electrons. The molecule has 0 unspecified atom stereocenters. The molecular formula is C15H21F2NO. The molecule has 2 N–H and O–H groups in total. The van der Waals surface area contributed by atoms with E-state index < -0.39 is 17.7 Å². The first-order valence-corrected chi connectivity index (χ1v) is 7.01. The zero-order valence-corrected chi connectivity index (χ0v) is 11.2. The van der Waals surface area contributed by atoms with E-state index in [-0.39, 0.29) is 6.04 Å². The number of aliphatic hydroxyl groups excluding tert-OH is 1. The minimum Gasteiger partial charge on any atom is -0.387 e. The van der Waals surface area contributed by atoms with Crippen LogP contribution in [0.15, 0.2) is 18.2 Å². The van der Waals surface area contributed by atoms with Crippen molar-refractivity contribution in [2.45, 2.75) is 57.2 Å². The lowest BCUT2D eigenvalue weighted by Crippen LogP contribution is -2.45. The van der Waals surface area contributed by atoms with E-state index in [9.17, 15) is 13.9 Å². The molecule has 1 aromatic rings. The van der Waals surface area contributed by atoms with Crippen LogP contribution in [0.1, 0.15) is 50.7 Å². The van der Waals surface area contributed by atoms with E-state index in [1.807, 2.05) is 0 Å². The van der Waals surface area contributed by atoms with E-state index in [1.54, 1.807) is 0 Å². The summed E-state index contributed by atoms with van der Waals surface area (Å²) in [6.45, 7) is 2.14. The molecule has 1 aliphatic heterocycles. The summed E-state index contributed by atoms with van der Waals surface area (Å²) in [7, 11) is 0. The molecule has 0 amide bonds. The van der Waals surface area contributed by atoms with Crippen LogP contribution in [0.2, 0.25) is 0 Å². The minimum absolute atomic E-state index is 0.0739. The summed E-state index contributed by atoms with van der Waals surface area (Å²) in [5.74, 6) is -1.78. The number of aliphatic hydroxyl groups is 1. The lowest BCUT2D eigenvalue weighted by molar-refractivity contribution is 0.0994. The summed E-state index contributed by atoms with van der Waals surface area (Å²) in [6.07, 6.45) is 4.44. The van der Waals surface area contributed by atoms with Crippen molar-refractivity contribution in [1.29, 1.82) is 0 Å². The van der Waals surface area contributed by atoms with Gasteiger partial charge in [0.2, 0.25) is 0 Å². The van der Waals surface area contributed by atoms with Gasteiger partial charge in [0.25, 0.3) is 0 Å². The highest BCUT2D eigenvalue weighted by atomic mass is 19.2. The quantitative estimate of drug-likeness (QED) is 0.879. The number of nitrogens with one attached hydrogen (secondary N) is 1. The smallest absolute Gasteiger partial charge is 0.159 e. The van der Waals surface area contributed by atoms with Crippen molar-refractivity contribution >= 4 is 0 Å². The maximum Gasteiger partial charge on any atom is 0.159 e. The largest absolute Gasteiger partial charge is 0.387 e. The van der Waals surface area contributed by atoms with Gasteiger partial charge in [-0.25, -0.2) is 8.78 Å². The van der Waals surface area contributed by atoms with Crippen molar-refractivity contribution in [1.82, 2.24) is 5.32 Å². The first-order chi connectivity index (χ1) is 9.11. The first-order valence-electron chi connectivity index (χ1n) is 7.01. The van der Waals surface area contributed by atoms with E-state index in [2.05, 4.69) is 12.2 Å². The van der Waals surface area contributed by atoms with Crippen LogP contribution in [-0.4, -0.2) is 17.2 Å². The second-order valence-electron chi connectivity index (χ2n) is 5.31. The van der Waals surface area contributed by atoms with Crippen LogP contribution in [0, 0.1) is 11.6 Å². The summed E-state index contributed by atoms with van der Waals surface area (Å²) in [6, 6.07) is 3.96. The monoisotopic (exact) mass is 269 g/mol. The molecule has 0 saturated carbocycles. The third-order valence-corrected chi connectivity index (χ3v) is 3.82. The van der Waals surface area contributed by atoms with Gasteiger partial charge >= 0.3 is 0 Å². The van der Waals surface area contributed by atoms with Crippen molar-refractivity contribution in [3.63, 3.8) is 0 Å². The predicted octanol–water partition coefficient (Wildman–Crippen LogP) is 3.31. The molecule has 1 saturated heterocycles. The molecule has 0 bridgehead atoms. The van der Waals surface area contributed by atoms with Crippen molar-refractivity contribution < 1.29 is 13.9 Å². The van der Waals surface area contributed by atoms with Crippen LogP contribution in [-0.2, 0) is 0 Å². The lowest BCUT2D eigenvalue weighted by atomic mass is 9.90. The van der Waals surface area contributed by atoms with Gasteiger partial charge in [0, 0.05) is 12.1 Å². The number of benzene rings is 1. The highest BCUT2D eigenvalue weighted by Gasteiger charge is 2.27. The van der Waals surface area contributed by atoms with Gasteiger partial charge in [-0.2, -0.15) is 0 Å². The Kier molecular flexibility index (Phi) is 4.88. The molecule has 1 aliphatic rings. The van der Waals surface area contributed by atoms with E-state index in [1.165, 1.54) is 6.07 Å². The number of piperidine rings is 1. The topological polar surface area (TPSA) is 32.3 Å². The van der Waals surface area contributed by atoms with E-state index >= 15 is 0 Å². The predicted molar refractivity (Wildman–Crippen MR) is 70.8 cm³/mol. The SMILES string of the molecule is CCC[C@H]1CCC[C@@H]([C@@H](O)c2ccc(F)c(F)c2)N1. The maximum atomic E-state index is 13.2. The fourth-order valence-corrected chi connectivity index (χ4v) is 2.81. The molecule has 1 heterocycles. The molecule has 1 aromatic carbocycles. The Hall–Kier alpha value is -1.00. The summed E-state index contributed by atoms with van der Waals surface area (Å²) < 4.78 is 26.1. The Morgan fingerprint density at radius 3 is 2.79 bits per heavy atom. The molecule has 19 heavy (non-hydrogen) atoms. The molecule has 0 aliphatic carbocycles. The summed E-state index contributed by atoms with van der Waals surface area (Å²) in [5.41, 5.74) is 0.438. The lowest BCUT2D eigenvalue weighted by Gasteiger charge is -2.34. The van der Waals surface area contributed by atoms with Crippen molar-refractivity contribution in [3.05, 3.63) is 35.4 Å². The summed E-state index contributed by atoms with van der Waals surface area (Å²) >= 11 is 0. The zero-order valence-electron chi connectivity index (χ0n) is 11.2. The standard InChI is InChI=1S/C15H21F2NO/c1-2-4-11-5-3-6-14(18-11)15(19)10-7-8-12(16)13(17)9-10/h7-9,11,14-15,18-19H,2-6H2,1H3/t11-,14-,15-/m0/s1. The van der Waals surface area contributed by atoms with Crippen LogP contribution < -0.4 is 5.32 Å². The fourth-order valence-electron chi connectivity index (χ4n) is 2.81. The Balaban J connectivity index is 2.05. The molecule has 2 nitrogen and oxygen atoms in total. The molecule has 3 atom stereocenters. The third-order valence-electron chi connectivity index (χ3n) is 3.82. The van der Waals surface area contributed by atoms with Crippen LogP contribution in [0.4, 0.5) is 8.78 Å². The molecule has 0 spiro atoms. The Bertz CT molecular complexity index is 423. The van der Waals surface area contributed by atoms with E-state index in [4.69, 9.17) is 0 Å². The molecule has 2 rings (SSSR count). The van der Waals surface area contributed by atoms with E-state index in [0.29, 0.717) is 11.6 Å². The van der Waals surface area contributed by atoms with Gasteiger partial charge in [-0.05, 0) is 37.0 Å². The third kappa shape index (κ3) is 3.51. The van der Waals surface area contributed by atoms with Gasteiger partial charge in [-0.3, -0.25) is 0 Å². The van der Waals surface area contributed by atoms with Gasteiger partial charge in [-0.1, -0.05) is 25.8 Å². The maximum absolute atomic E-state index is 13.2. The van der Waals surface area contributed by atoms with Gasteiger partial charge in [-0.15, -0.1) is 0 Å². The number of halogens is 2. The van der Waals surface area contributed by atoms with Gasteiger partial charge < -0.3 is 10.4 Å². The average molecular weight is 269 g/mol. The molecule has 0 aromatic heterocycles. The Morgan fingerprint density at radius 2 is 2.11 bits per heavy atom. The van der Waals surface area contributed by atoms with Crippen LogP contribution in [0.25, 0.3) is 0 Å². The average Bonchev–Trinajstić information content (AvgIpc) is 2.42. The Labute approximate surface area is 112 Å². The summed E-state index contributed by atoms with van der Waals surface area (Å²) in [4.78, 5) is 0. The fraction of sp³-hybridized carbons (Fsp3) is 0.600. The highest BCUT2D eigenvalue weighted by Crippen LogP contribution is 2.26. The molecular weight excluding hydrogens is 248 g/mol. The van der Waals surface area contributed by atoms with Crippen LogP contribution in [0.3, 0.4) is 0 Å². The molecule has 1 fully saturated rings. The minimum atomic E-state index is -0.905. The van der Waals surface area contributed by atoms with E-state index in [0.717, 1.165) is 44.2 Å². The number of hydrogen-bond donors (Lipinski definition) is 2. The van der Waals surface area contributed by atoms with Gasteiger partial charge in [0.1, 0.15) is 0 Å². The number of hydrogen-bond acceptors (Lipinski definition) is 2. The second kappa shape index (κ2) is 6.44. The van der Waals surface area contributed by atoms with Crippen LogP contribution >= 0.6 is 0 Å². The zero-order chi connectivity index (χ0) is 13.8. The molecule has 0 radical (unpaired) electrons. The highest BCUT2D eigenvalue weighted by molar-refractivity contribution is 5.21. The Morgan fingerprint density at radius 1 is 1.32 bits per heavy atom. The second-order valence-corrected chi connectivity index (χ2v) is 5.31. The van der Waals surface area contributed by atoms with Crippen molar-refractivity contribution in [3.8, 4) is 0 Å². The van der Waals surface area contributed by atoms with Crippen molar-refractivity contribution in [2.24, 2.45) is 0 Å². The normalized spacial score (nSPS) is 25.3. The van der Waals surface area contributed by atoms with Gasteiger partial charge in [0.15, 0.2) is 11.6 Å². The van der Waals surface area contributed by atoms with Gasteiger partial charge in [0.05, 0.1) is 6.10 Å². The summed E-state index contributed by atoms with van der Waals surface area (Å²) in [5, 5.41) is 13.7. The molecule has 4 heteroatoms.